The summed E-state index contributed by atoms with van der Waals surface area (Å²) in [5.41, 5.74) is 6.54. The summed E-state index contributed by atoms with van der Waals surface area (Å²) >= 11 is 7.65. The van der Waals surface area contributed by atoms with E-state index in [4.69, 9.17) is 5.73 Å². The number of thiol groups is 1. The fourth-order valence-corrected chi connectivity index (χ4v) is 1.86. The molecule has 7 nitrogen and oxygen atoms in total. The van der Waals surface area contributed by atoms with Crippen LogP contribution in [0.15, 0.2) is 85.7 Å². The van der Waals surface area contributed by atoms with E-state index in [9.17, 15) is 0 Å². The van der Waals surface area contributed by atoms with E-state index in [0.717, 1.165) is 11.4 Å². The molecular formula is C19H17N7S2. The maximum Gasteiger partial charge on any atom is 0.197 e. The van der Waals surface area contributed by atoms with Crippen LogP contribution in [-0.4, -0.2) is 34.2 Å². The normalized spacial score (nSPS) is 9.18. The molecule has 0 spiro atoms. The number of rotatable bonds is 2. The molecule has 0 radical (unpaired) electrons. The zero-order valence-corrected chi connectivity index (χ0v) is 16.4. The van der Waals surface area contributed by atoms with Gasteiger partial charge in [-0.25, -0.2) is 19.9 Å². The third-order valence-electron chi connectivity index (χ3n) is 2.92. The Bertz CT molecular complexity index is 787. The van der Waals surface area contributed by atoms with E-state index in [2.05, 4.69) is 54.8 Å². The number of pyridine rings is 2. The van der Waals surface area contributed by atoms with Gasteiger partial charge in [-0.15, -0.1) is 12.6 Å². The topological polar surface area (TPSA) is 103 Å². The maximum atomic E-state index is 4.71. The lowest BCUT2D eigenvalue weighted by atomic mass is 10.2. The minimum absolute atomic E-state index is 0.194. The van der Waals surface area contributed by atoms with Gasteiger partial charge in [0.1, 0.15) is 4.32 Å². The molecule has 0 saturated heterocycles. The minimum atomic E-state index is 0.194. The summed E-state index contributed by atoms with van der Waals surface area (Å²) < 4.78 is 0.194. The quantitative estimate of drug-likeness (QED) is 0.386. The van der Waals surface area contributed by atoms with E-state index in [0.29, 0.717) is 11.6 Å². The summed E-state index contributed by atoms with van der Waals surface area (Å²) in [5, 5.41) is 0. The Kier molecular flexibility index (Phi) is 9.12. The molecular weight excluding hydrogens is 390 g/mol. The summed E-state index contributed by atoms with van der Waals surface area (Å²) in [6.07, 6.45) is 10.2. The average Bonchev–Trinajstić information content (AvgIpc) is 2.76. The smallest absolute Gasteiger partial charge is 0.197 e. The van der Waals surface area contributed by atoms with E-state index in [-0.39, 0.29) is 4.32 Å². The largest absolute Gasteiger partial charge is 0.385 e. The van der Waals surface area contributed by atoms with Crippen LogP contribution >= 0.6 is 24.8 Å². The van der Waals surface area contributed by atoms with Crippen molar-refractivity contribution in [3.8, 4) is 23.0 Å². The van der Waals surface area contributed by atoms with Crippen molar-refractivity contribution in [3.63, 3.8) is 0 Å². The highest BCUT2D eigenvalue weighted by molar-refractivity contribution is 8.10. The van der Waals surface area contributed by atoms with Crippen LogP contribution in [0.25, 0.3) is 23.0 Å². The molecule has 0 aliphatic carbocycles. The van der Waals surface area contributed by atoms with E-state index in [1.807, 2.05) is 36.4 Å². The second-order valence-electron chi connectivity index (χ2n) is 4.91. The number of thiocarbonyl (C=S) groups is 1. The fraction of sp³-hybridized carbons (Fsp3) is 0. The number of hydrogen-bond acceptors (Lipinski definition) is 7. The first-order chi connectivity index (χ1) is 13.7. The minimum Gasteiger partial charge on any atom is -0.385 e. The summed E-state index contributed by atoms with van der Waals surface area (Å²) in [7, 11) is 0. The molecule has 0 atom stereocenters. The molecule has 140 valence electrons. The molecule has 4 rings (SSSR count). The van der Waals surface area contributed by atoms with Crippen LogP contribution < -0.4 is 5.73 Å². The van der Waals surface area contributed by atoms with Gasteiger partial charge in [0, 0.05) is 37.2 Å². The van der Waals surface area contributed by atoms with Crippen LogP contribution in [0.2, 0.25) is 0 Å². The monoisotopic (exact) mass is 407 g/mol. The van der Waals surface area contributed by atoms with Crippen molar-refractivity contribution >= 4 is 29.2 Å². The Balaban J connectivity index is 0.000000169. The summed E-state index contributed by atoms with van der Waals surface area (Å²) in [4.78, 5) is 24.4. The molecule has 0 bridgehead atoms. The Morgan fingerprint density at radius 3 is 1.21 bits per heavy atom. The van der Waals surface area contributed by atoms with E-state index >= 15 is 0 Å². The summed E-state index contributed by atoms with van der Waals surface area (Å²) in [6, 6.07) is 15.1. The Labute approximate surface area is 173 Å². The lowest BCUT2D eigenvalue weighted by molar-refractivity contribution is 1.08. The van der Waals surface area contributed by atoms with E-state index in [1.54, 1.807) is 49.3 Å². The highest BCUT2D eigenvalue weighted by Gasteiger charge is 1.99. The Hall–Kier alpha value is -3.30. The van der Waals surface area contributed by atoms with Crippen molar-refractivity contribution in [2.24, 2.45) is 5.73 Å². The fourth-order valence-electron chi connectivity index (χ4n) is 1.86. The van der Waals surface area contributed by atoms with Gasteiger partial charge in [-0.05, 0) is 36.4 Å². The number of aromatic nitrogens is 6. The highest BCUT2D eigenvalue weighted by Crippen LogP contribution is 2.10. The van der Waals surface area contributed by atoms with Crippen LogP contribution in [0.5, 0.6) is 0 Å². The molecule has 0 fully saturated rings. The molecule has 2 N–H and O–H groups in total. The standard InChI is InChI=1S/C10H8N2.C8H6N4.CH3NS2/c1-3-7-11-9(5-1)10-6-2-4-8-12-10;1-3-9-7(10-4-1)8-11-5-2-6-12-8;2-1(3)4/h1-8H;1-6H;(H3,2,3,4). The van der Waals surface area contributed by atoms with E-state index in [1.165, 1.54) is 0 Å². The van der Waals surface area contributed by atoms with Crippen LogP contribution in [0.1, 0.15) is 0 Å². The van der Waals surface area contributed by atoms with Crippen LogP contribution in [0.4, 0.5) is 0 Å². The van der Waals surface area contributed by atoms with Crippen molar-refractivity contribution < 1.29 is 0 Å². The van der Waals surface area contributed by atoms with Gasteiger partial charge in [0.15, 0.2) is 11.6 Å². The van der Waals surface area contributed by atoms with Crippen molar-refractivity contribution in [2.75, 3.05) is 0 Å². The Morgan fingerprint density at radius 2 is 0.929 bits per heavy atom. The lowest BCUT2D eigenvalue weighted by Crippen LogP contribution is -1.94. The van der Waals surface area contributed by atoms with Gasteiger partial charge >= 0.3 is 0 Å². The van der Waals surface area contributed by atoms with Gasteiger partial charge in [-0.3, -0.25) is 9.97 Å². The van der Waals surface area contributed by atoms with Crippen LogP contribution in [0.3, 0.4) is 0 Å². The average molecular weight is 408 g/mol. The molecule has 28 heavy (non-hydrogen) atoms. The SMILES string of the molecule is NC(=S)S.c1ccc(-c2ccccn2)nc1.c1cnc(-c2ncccn2)nc1. The molecule has 0 aliphatic heterocycles. The highest BCUT2D eigenvalue weighted by atomic mass is 32.1. The molecule has 4 heterocycles. The first-order valence-corrected chi connectivity index (χ1v) is 8.87. The predicted octanol–water partition coefficient (Wildman–Crippen LogP) is 3.24. The van der Waals surface area contributed by atoms with Crippen molar-refractivity contribution in [1.82, 2.24) is 29.9 Å². The second-order valence-corrected chi connectivity index (χ2v) is 6.14. The molecule has 4 aromatic rings. The van der Waals surface area contributed by atoms with Crippen molar-refractivity contribution in [2.45, 2.75) is 0 Å². The summed E-state index contributed by atoms with van der Waals surface area (Å²) in [6.45, 7) is 0. The predicted molar refractivity (Wildman–Crippen MR) is 116 cm³/mol. The molecule has 0 aliphatic rings. The van der Waals surface area contributed by atoms with E-state index < -0.39 is 0 Å². The first kappa shape index (κ1) is 21.0. The third kappa shape index (κ3) is 7.94. The van der Waals surface area contributed by atoms with Gasteiger partial charge in [0.25, 0.3) is 0 Å². The van der Waals surface area contributed by atoms with Crippen LogP contribution in [0, 0.1) is 0 Å². The van der Waals surface area contributed by atoms with Gasteiger partial charge in [-0.1, -0.05) is 24.4 Å². The molecule has 4 aromatic heterocycles. The van der Waals surface area contributed by atoms with Gasteiger partial charge in [0.05, 0.1) is 11.4 Å². The van der Waals surface area contributed by atoms with Gasteiger partial charge in [0.2, 0.25) is 0 Å². The number of hydrogen-bond donors (Lipinski definition) is 2. The summed E-state index contributed by atoms with van der Waals surface area (Å²) in [5.74, 6) is 1.11. The molecule has 0 saturated carbocycles. The molecule has 0 aromatic carbocycles. The molecule has 0 unspecified atom stereocenters. The number of nitrogens with zero attached hydrogens (tertiary/aromatic N) is 6. The lowest BCUT2D eigenvalue weighted by Gasteiger charge is -1.96. The zero-order chi connectivity index (χ0) is 20.0. The van der Waals surface area contributed by atoms with Crippen molar-refractivity contribution in [3.05, 3.63) is 85.7 Å². The first-order valence-electron chi connectivity index (χ1n) is 8.02. The van der Waals surface area contributed by atoms with Gasteiger partial charge < -0.3 is 5.73 Å². The zero-order valence-electron chi connectivity index (χ0n) is 14.7. The Morgan fingerprint density at radius 1 is 0.607 bits per heavy atom. The van der Waals surface area contributed by atoms with Crippen LogP contribution in [-0.2, 0) is 0 Å². The van der Waals surface area contributed by atoms with Gasteiger partial charge in [-0.2, -0.15) is 0 Å². The molecule has 0 amide bonds. The third-order valence-corrected chi connectivity index (χ3v) is 2.92. The van der Waals surface area contributed by atoms with Crippen molar-refractivity contribution in [1.29, 1.82) is 0 Å². The molecule has 9 heteroatoms. The maximum absolute atomic E-state index is 4.71. The second kappa shape index (κ2) is 12.2. The number of nitrogens with two attached hydrogens (primary N) is 1.